The molecule has 0 amide bonds. The maximum Gasteiger partial charge on any atom is 0.215 e. The van der Waals surface area contributed by atoms with Gasteiger partial charge in [0.25, 0.3) is 0 Å². The maximum atomic E-state index is 11.5. The average molecular weight is 242 g/mol. The first-order valence-electron chi connectivity index (χ1n) is 4.42. The van der Waals surface area contributed by atoms with Crippen molar-refractivity contribution in [1.82, 2.24) is 4.72 Å². The summed E-state index contributed by atoms with van der Waals surface area (Å²) in [6, 6.07) is 0. The van der Waals surface area contributed by atoms with Crippen LogP contribution in [0, 0.1) is 0 Å². The Morgan fingerprint density at radius 2 is 2.07 bits per heavy atom. The van der Waals surface area contributed by atoms with Crippen LogP contribution in [0.4, 0.5) is 0 Å². The van der Waals surface area contributed by atoms with Gasteiger partial charge in [0, 0.05) is 35.9 Å². The van der Waals surface area contributed by atoms with Crippen LogP contribution >= 0.6 is 0 Å². The van der Waals surface area contributed by atoms with Gasteiger partial charge in [-0.1, -0.05) is 6.92 Å². The number of sulfonamides is 1. The second-order valence-electron chi connectivity index (χ2n) is 2.98. The van der Waals surface area contributed by atoms with Crippen LogP contribution in [0.5, 0.6) is 0 Å². The summed E-state index contributed by atoms with van der Waals surface area (Å²) in [7, 11) is -4.30. The van der Waals surface area contributed by atoms with Crippen molar-refractivity contribution < 1.29 is 12.6 Å². The van der Waals surface area contributed by atoms with Crippen molar-refractivity contribution in [3.05, 3.63) is 0 Å². The zero-order chi connectivity index (χ0) is 11.2. The van der Waals surface area contributed by atoms with Gasteiger partial charge in [0.1, 0.15) is 0 Å². The van der Waals surface area contributed by atoms with Gasteiger partial charge in [-0.25, -0.2) is 13.1 Å². The largest absolute Gasteiger partial charge is 0.329 e. The molecule has 0 radical (unpaired) electrons. The molecule has 0 aromatic heterocycles. The zero-order valence-electron chi connectivity index (χ0n) is 8.52. The molecule has 5 nitrogen and oxygen atoms in total. The summed E-state index contributed by atoms with van der Waals surface area (Å²) in [5.74, 6) is 0.334. The van der Waals surface area contributed by atoms with Gasteiger partial charge in [0.05, 0.1) is 5.25 Å². The molecule has 0 bridgehead atoms. The Morgan fingerprint density at radius 3 is 2.43 bits per heavy atom. The van der Waals surface area contributed by atoms with E-state index >= 15 is 0 Å². The van der Waals surface area contributed by atoms with E-state index in [-0.39, 0.29) is 13.1 Å². The molecule has 0 aliphatic carbocycles. The van der Waals surface area contributed by atoms with Crippen molar-refractivity contribution in [2.75, 3.05) is 25.1 Å². The Bertz CT molecular complexity index is 273. The summed E-state index contributed by atoms with van der Waals surface area (Å²) in [6.07, 6.45) is 2.02. The summed E-state index contributed by atoms with van der Waals surface area (Å²) >= 11 is 0. The third-order valence-electron chi connectivity index (χ3n) is 1.85. The molecule has 0 aliphatic rings. The smallest absolute Gasteiger partial charge is 0.215 e. The first kappa shape index (κ1) is 14.0. The number of nitrogens with one attached hydrogen (secondary N) is 1. The summed E-state index contributed by atoms with van der Waals surface area (Å²) in [5.41, 5.74) is 5.32. The van der Waals surface area contributed by atoms with Gasteiger partial charge in [0.2, 0.25) is 10.0 Å². The predicted molar refractivity (Wildman–Crippen MR) is 59.0 cm³/mol. The second kappa shape index (κ2) is 6.49. The van der Waals surface area contributed by atoms with Crippen LogP contribution in [0.3, 0.4) is 0 Å². The van der Waals surface area contributed by atoms with Crippen molar-refractivity contribution in [3.8, 4) is 0 Å². The van der Waals surface area contributed by atoms with E-state index in [1.807, 2.05) is 0 Å². The SMILES string of the molecule is CCC(CN)S(=O)(=O)NCCS(C)=O. The normalized spacial score (nSPS) is 16.5. The summed E-state index contributed by atoms with van der Waals surface area (Å²) in [4.78, 5) is 0. The van der Waals surface area contributed by atoms with E-state index in [4.69, 9.17) is 5.73 Å². The van der Waals surface area contributed by atoms with Gasteiger partial charge in [-0.3, -0.25) is 4.21 Å². The molecule has 0 aromatic carbocycles. The predicted octanol–water partition coefficient (Wildman–Crippen LogP) is -0.978. The topological polar surface area (TPSA) is 89.3 Å². The number of hydrogen-bond donors (Lipinski definition) is 2. The monoisotopic (exact) mass is 242 g/mol. The molecule has 0 rings (SSSR count). The summed E-state index contributed by atoms with van der Waals surface area (Å²) in [5, 5.41) is -0.548. The first-order chi connectivity index (χ1) is 6.44. The van der Waals surface area contributed by atoms with E-state index < -0.39 is 26.1 Å². The minimum Gasteiger partial charge on any atom is -0.329 e. The van der Waals surface area contributed by atoms with Crippen molar-refractivity contribution >= 4 is 20.8 Å². The minimum atomic E-state index is -3.33. The fourth-order valence-corrected chi connectivity index (χ4v) is 2.79. The highest BCUT2D eigenvalue weighted by atomic mass is 32.2. The lowest BCUT2D eigenvalue weighted by Crippen LogP contribution is -2.40. The van der Waals surface area contributed by atoms with Gasteiger partial charge >= 0.3 is 0 Å². The molecule has 0 aromatic rings. The molecule has 0 saturated carbocycles. The highest BCUT2D eigenvalue weighted by molar-refractivity contribution is 7.90. The van der Waals surface area contributed by atoms with Crippen LogP contribution in [-0.4, -0.2) is 43.0 Å². The lowest BCUT2D eigenvalue weighted by Gasteiger charge is -2.13. The minimum absolute atomic E-state index is 0.112. The van der Waals surface area contributed by atoms with Crippen molar-refractivity contribution in [2.24, 2.45) is 5.73 Å². The summed E-state index contributed by atoms with van der Waals surface area (Å²) < 4.78 is 36.1. The van der Waals surface area contributed by atoms with Crippen LogP contribution in [-0.2, 0) is 20.8 Å². The standard InChI is InChI=1S/C7H18N2O3S2/c1-3-7(6-8)14(11,12)9-4-5-13(2)10/h7,9H,3-6,8H2,1-2H3. The molecule has 2 atom stereocenters. The van der Waals surface area contributed by atoms with Gasteiger partial charge < -0.3 is 5.73 Å². The highest BCUT2D eigenvalue weighted by Crippen LogP contribution is 2.01. The molecule has 0 heterocycles. The molecular weight excluding hydrogens is 224 g/mol. The molecule has 14 heavy (non-hydrogen) atoms. The molecule has 3 N–H and O–H groups in total. The Labute approximate surface area is 88.0 Å². The van der Waals surface area contributed by atoms with Gasteiger partial charge in [-0.05, 0) is 6.42 Å². The summed E-state index contributed by atoms with van der Waals surface area (Å²) in [6.45, 7) is 2.09. The zero-order valence-corrected chi connectivity index (χ0v) is 10.2. The molecule has 0 saturated heterocycles. The van der Waals surface area contributed by atoms with Crippen molar-refractivity contribution in [1.29, 1.82) is 0 Å². The van der Waals surface area contributed by atoms with E-state index in [9.17, 15) is 12.6 Å². The van der Waals surface area contributed by atoms with E-state index in [2.05, 4.69) is 4.72 Å². The molecule has 86 valence electrons. The van der Waals surface area contributed by atoms with E-state index in [0.717, 1.165) is 0 Å². The highest BCUT2D eigenvalue weighted by Gasteiger charge is 2.21. The van der Waals surface area contributed by atoms with Gasteiger partial charge in [0.15, 0.2) is 0 Å². The molecule has 7 heteroatoms. The molecule has 0 aliphatic heterocycles. The number of hydrogen-bond acceptors (Lipinski definition) is 4. The van der Waals surface area contributed by atoms with E-state index in [1.54, 1.807) is 6.92 Å². The van der Waals surface area contributed by atoms with Crippen LogP contribution in [0.15, 0.2) is 0 Å². The second-order valence-corrected chi connectivity index (χ2v) is 6.58. The average Bonchev–Trinajstić information content (AvgIpc) is 2.04. The Balaban J connectivity index is 4.13. The molecule has 2 unspecified atom stereocenters. The van der Waals surface area contributed by atoms with Crippen molar-refractivity contribution in [2.45, 2.75) is 18.6 Å². The lowest BCUT2D eigenvalue weighted by atomic mass is 10.3. The molecular formula is C7H18N2O3S2. The van der Waals surface area contributed by atoms with Crippen LogP contribution in [0.2, 0.25) is 0 Å². The fourth-order valence-electron chi connectivity index (χ4n) is 0.958. The Kier molecular flexibility index (Phi) is 6.50. The maximum absolute atomic E-state index is 11.5. The van der Waals surface area contributed by atoms with Crippen LogP contribution in [0.1, 0.15) is 13.3 Å². The third kappa shape index (κ3) is 5.04. The lowest BCUT2D eigenvalue weighted by molar-refractivity contribution is 0.563. The number of rotatable bonds is 7. The quantitative estimate of drug-likeness (QED) is 0.600. The van der Waals surface area contributed by atoms with Crippen molar-refractivity contribution in [3.63, 3.8) is 0 Å². The van der Waals surface area contributed by atoms with Crippen LogP contribution in [0.25, 0.3) is 0 Å². The van der Waals surface area contributed by atoms with E-state index in [1.165, 1.54) is 6.26 Å². The van der Waals surface area contributed by atoms with Gasteiger partial charge in [-0.2, -0.15) is 0 Å². The first-order valence-corrected chi connectivity index (χ1v) is 7.70. The van der Waals surface area contributed by atoms with Crippen LogP contribution < -0.4 is 10.5 Å². The van der Waals surface area contributed by atoms with Gasteiger partial charge in [-0.15, -0.1) is 0 Å². The molecule has 0 spiro atoms. The number of nitrogens with two attached hydrogens (primary N) is 1. The third-order valence-corrected chi connectivity index (χ3v) is 4.64. The fraction of sp³-hybridized carbons (Fsp3) is 1.00. The Hall–Kier alpha value is 0.0200. The molecule has 0 fully saturated rings. The van der Waals surface area contributed by atoms with E-state index in [0.29, 0.717) is 12.2 Å². The Morgan fingerprint density at radius 1 is 1.50 bits per heavy atom.